The average Bonchev–Trinajstić information content (AvgIpc) is 2.39. The predicted molar refractivity (Wildman–Crippen MR) is 76.9 cm³/mol. The van der Waals surface area contributed by atoms with Gasteiger partial charge in [-0.25, -0.2) is 0 Å². The summed E-state index contributed by atoms with van der Waals surface area (Å²) in [5.41, 5.74) is 1.11. The highest BCUT2D eigenvalue weighted by Gasteiger charge is 2.10. The Balaban J connectivity index is 2.74. The number of ketones is 1. The highest BCUT2D eigenvalue weighted by molar-refractivity contribution is 5.80. The Kier molecular flexibility index (Phi) is 6.40. The van der Waals surface area contributed by atoms with Crippen molar-refractivity contribution in [2.45, 2.75) is 40.5 Å². The van der Waals surface area contributed by atoms with Gasteiger partial charge in [0.15, 0.2) is 11.5 Å². The summed E-state index contributed by atoms with van der Waals surface area (Å²) in [5, 5.41) is 0. The van der Waals surface area contributed by atoms with Crippen LogP contribution in [0, 0.1) is 5.92 Å². The third-order valence-corrected chi connectivity index (χ3v) is 2.91. The van der Waals surface area contributed by atoms with Gasteiger partial charge in [0.05, 0.1) is 13.2 Å². The van der Waals surface area contributed by atoms with Crippen LogP contribution in [0.5, 0.6) is 11.5 Å². The Morgan fingerprint density at radius 1 is 1.11 bits per heavy atom. The van der Waals surface area contributed by atoms with Gasteiger partial charge in [-0.05, 0) is 38.0 Å². The van der Waals surface area contributed by atoms with Crippen molar-refractivity contribution >= 4 is 5.78 Å². The number of rotatable bonds is 8. The lowest BCUT2D eigenvalue weighted by Gasteiger charge is -2.12. The first kappa shape index (κ1) is 15.5. The number of benzene rings is 1. The summed E-state index contributed by atoms with van der Waals surface area (Å²) in [7, 11) is 0. The minimum absolute atomic E-state index is 0.106. The molecule has 0 saturated heterocycles. The first-order valence-electron chi connectivity index (χ1n) is 6.99. The Hall–Kier alpha value is -1.51. The van der Waals surface area contributed by atoms with Crippen molar-refractivity contribution in [1.82, 2.24) is 0 Å². The number of Topliss-reactive ketones (excluding diaryl/α,β-unsaturated/α-hetero) is 1. The van der Waals surface area contributed by atoms with Gasteiger partial charge in [-0.2, -0.15) is 0 Å². The van der Waals surface area contributed by atoms with E-state index in [4.69, 9.17) is 9.47 Å². The van der Waals surface area contributed by atoms with Gasteiger partial charge in [0.2, 0.25) is 0 Å². The summed E-state index contributed by atoms with van der Waals surface area (Å²) in [4.78, 5) is 11.6. The van der Waals surface area contributed by atoms with Crippen molar-refractivity contribution < 1.29 is 14.3 Å². The molecule has 3 heteroatoms. The highest BCUT2D eigenvalue weighted by atomic mass is 16.5. The van der Waals surface area contributed by atoms with Gasteiger partial charge in [-0.1, -0.05) is 19.9 Å². The largest absolute Gasteiger partial charge is 0.490 e. The maximum absolute atomic E-state index is 11.6. The molecule has 1 rings (SSSR count). The van der Waals surface area contributed by atoms with Crippen molar-refractivity contribution in [3.05, 3.63) is 23.8 Å². The third kappa shape index (κ3) is 4.93. The summed E-state index contributed by atoms with van der Waals surface area (Å²) >= 11 is 0. The molecular formula is C16H24O3. The fourth-order valence-corrected chi connectivity index (χ4v) is 1.81. The van der Waals surface area contributed by atoms with E-state index >= 15 is 0 Å². The van der Waals surface area contributed by atoms with Crippen LogP contribution in [0.15, 0.2) is 18.2 Å². The summed E-state index contributed by atoms with van der Waals surface area (Å²) in [6.07, 6.45) is 1.33. The molecule has 0 heterocycles. The fraction of sp³-hybridized carbons (Fsp3) is 0.562. The number of aryl methyl sites for hydroxylation is 1. The lowest BCUT2D eigenvalue weighted by Crippen LogP contribution is -2.08. The van der Waals surface area contributed by atoms with E-state index in [0.29, 0.717) is 25.4 Å². The van der Waals surface area contributed by atoms with Gasteiger partial charge in [0.25, 0.3) is 0 Å². The second-order valence-electron chi connectivity index (χ2n) is 4.77. The first-order valence-corrected chi connectivity index (χ1v) is 6.99. The van der Waals surface area contributed by atoms with Crippen LogP contribution in [-0.4, -0.2) is 19.0 Å². The zero-order valence-corrected chi connectivity index (χ0v) is 12.4. The van der Waals surface area contributed by atoms with Crippen LogP contribution in [0.2, 0.25) is 0 Å². The zero-order chi connectivity index (χ0) is 14.3. The van der Waals surface area contributed by atoms with Crippen molar-refractivity contribution in [3.8, 4) is 11.5 Å². The van der Waals surface area contributed by atoms with E-state index < -0.39 is 0 Å². The van der Waals surface area contributed by atoms with Gasteiger partial charge in [0.1, 0.15) is 5.78 Å². The lowest BCUT2D eigenvalue weighted by atomic mass is 10.0. The smallest absolute Gasteiger partial charge is 0.161 e. The van der Waals surface area contributed by atoms with Crippen LogP contribution in [0.25, 0.3) is 0 Å². The molecule has 0 spiro atoms. The zero-order valence-electron chi connectivity index (χ0n) is 12.4. The molecule has 0 aliphatic rings. The molecule has 1 aromatic rings. The summed E-state index contributed by atoms with van der Waals surface area (Å²) in [5.74, 6) is 1.93. The molecule has 0 bridgehead atoms. The van der Waals surface area contributed by atoms with Crippen molar-refractivity contribution in [2.75, 3.05) is 13.2 Å². The molecule has 0 fully saturated rings. The molecule has 106 valence electrons. The van der Waals surface area contributed by atoms with Crippen LogP contribution in [0.3, 0.4) is 0 Å². The summed E-state index contributed by atoms with van der Waals surface area (Å²) in [6, 6.07) is 5.90. The molecule has 0 aliphatic heterocycles. The summed E-state index contributed by atoms with van der Waals surface area (Å²) < 4.78 is 11.1. The monoisotopic (exact) mass is 264 g/mol. The highest BCUT2D eigenvalue weighted by Crippen LogP contribution is 2.29. The van der Waals surface area contributed by atoms with E-state index in [0.717, 1.165) is 23.5 Å². The van der Waals surface area contributed by atoms with Crippen LogP contribution in [0.1, 0.15) is 39.7 Å². The number of hydrogen-bond acceptors (Lipinski definition) is 3. The quantitative estimate of drug-likeness (QED) is 0.719. The number of hydrogen-bond donors (Lipinski definition) is 0. The van der Waals surface area contributed by atoms with Gasteiger partial charge in [-0.3, -0.25) is 4.79 Å². The minimum Gasteiger partial charge on any atom is -0.490 e. The Bertz CT molecular complexity index is 410. The maximum Gasteiger partial charge on any atom is 0.161 e. The maximum atomic E-state index is 11.6. The van der Waals surface area contributed by atoms with E-state index in [-0.39, 0.29) is 5.92 Å². The Labute approximate surface area is 115 Å². The van der Waals surface area contributed by atoms with Crippen LogP contribution < -0.4 is 9.47 Å². The van der Waals surface area contributed by atoms with Crippen molar-refractivity contribution in [3.63, 3.8) is 0 Å². The second kappa shape index (κ2) is 7.82. The van der Waals surface area contributed by atoms with Crippen LogP contribution >= 0.6 is 0 Å². The van der Waals surface area contributed by atoms with Gasteiger partial charge in [0, 0.05) is 12.3 Å². The Morgan fingerprint density at radius 3 is 2.32 bits per heavy atom. The van der Waals surface area contributed by atoms with E-state index in [1.54, 1.807) is 0 Å². The molecule has 0 saturated carbocycles. The van der Waals surface area contributed by atoms with Crippen LogP contribution in [-0.2, 0) is 11.2 Å². The Morgan fingerprint density at radius 2 is 1.74 bits per heavy atom. The first-order chi connectivity index (χ1) is 9.08. The van der Waals surface area contributed by atoms with E-state index in [2.05, 4.69) is 0 Å². The molecule has 0 atom stereocenters. The standard InChI is InChI=1S/C16H24O3/c1-5-18-15-10-8-13(11-16(15)19-6-2)7-9-14(17)12(3)4/h8,10-12H,5-7,9H2,1-4H3. The van der Waals surface area contributed by atoms with Crippen molar-refractivity contribution in [2.24, 2.45) is 5.92 Å². The molecule has 0 radical (unpaired) electrons. The second-order valence-corrected chi connectivity index (χ2v) is 4.77. The molecule has 0 aliphatic carbocycles. The molecular weight excluding hydrogens is 240 g/mol. The lowest BCUT2D eigenvalue weighted by molar-refractivity contribution is -0.121. The summed E-state index contributed by atoms with van der Waals surface area (Å²) in [6.45, 7) is 8.99. The molecule has 3 nitrogen and oxygen atoms in total. The molecule has 0 amide bonds. The van der Waals surface area contributed by atoms with Gasteiger partial charge < -0.3 is 9.47 Å². The minimum atomic E-state index is 0.106. The van der Waals surface area contributed by atoms with Crippen molar-refractivity contribution in [1.29, 1.82) is 0 Å². The molecule has 19 heavy (non-hydrogen) atoms. The van der Waals surface area contributed by atoms with E-state index in [1.807, 2.05) is 45.9 Å². The van der Waals surface area contributed by atoms with Gasteiger partial charge in [-0.15, -0.1) is 0 Å². The van der Waals surface area contributed by atoms with Crippen LogP contribution in [0.4, 0.5) is 0 Å². The number of carbonyl (C=O) groups excluding carboxylic acids is 1. The fourth-order valence-electron chi connectivity index (χ4n) is 1.81. The average molecular weight is 264 g/mol. The predicted octanol–water partition coefficient (Wildman–Crippen LogP) is 3.64. The normalized spacial score (nSPS) is 10.6. The van der Waals surface area contributed by atoms with E-state index in [9.17, 15) is 4.79 Å². The third-order valence-electron chi connectivity index (χ3n) is 2.91. The number of ether oxygens (including phenoxy) is 2. The molecule has 1 aromatic carbocycles. The number of carbonyl (C=O) groups is 1. The molecule has 0 aromatic heterocycles. The molecule has 0 N–H and O–H groups in total. The van der Waals surface area contributed by atoms with E-state index in [1.165, 1.54) is 0 Å². The topological polar surface area (TPSA) is 35.5 Å². The molecule has 0 unspecified atom stereocenters. The SMILES string of the molecule is CCOc1ccc(CCC(=O)C(C)C)cc1OCC. The van der Waals surface area contributed by atoms with Gasteiger partial charge >= 0.3 is 0 Å².